The molecule has 0 aliphatic rings. The van der Waals surface area contributed by atoms with E-state index in [1.165, 1.54) is 6.08 Å². The zero-order valence-electron chi connectivity index (χ0n) is 17.6. The molecule has 4 aromatic heterocycles. The van der Waals surface area contributed by atoms with Gasteiger partial charge in [-0.3, -0.25) is 9.59 Å². The Morgan fingerprint density at radius 1 is 1.09 bits per heavy atom. The second kappa shape index (κ2) is 7.70. The molecular weight excluding hydrogens is 402 g/mol. The molecule has 0 saturated carbocycles. The highest BCUT2D eigenvalue weighted by atomic mass is 16.1. The monoisotopic (exact) mass is 423 g/mol. The van der Waals surface area contributed by atoms with Crippen LogP contribution < -0.4 is 10.9 Å². The van der Waals surface area contributed by atoms with E-state index in [9.17, 15) is 9.59 Å². The Morgan fingerprint density at radius 3 is 2.81 bits per heavy atom. The van der Waals surface area contributed by atoms with Crippen LogP contribution >= 0.6 is 0 Å². The Labute approximate surface area is 183 Å². The van der Waals surface area contributed by atoms with Crippen molar-refractivity contribution < 1.29 is 4.79 Å². The molecule has 0 aliphatic heterocycles. The highest BCUT2D eigenvalue weighted by Gasteiger charge is 2.15. The fourth-order valence-electron chi connectivity index (χ4n) is 3.94. The number of aromatic nitrogens is 4. The predicted octanol–water partition coefficient (Wildman–Crippen LogP) is 3.84. The summed E-state index contributed by atoms with van der Waals surface area (Å²) in [6, 6.07) is 12.0. The van der Waals surface area contributed by atoms with Crippen LogP contribution in [0.4, 0.5) is 0 Å². The number of benzene rings is 1. The summed E-state index contributed by atoms with van der Waals surface area (Å²) in [7, 11) is 3.35. The van der Waals surface area contributed by atoms with Gasteiger partial charge in [-0.05, 0) is 35.4 Å². The highest BCUT2D eigenvalue weighted by Crippen LogP contribution is 2.34. The summed E-state index contributed by atoms with van der Waals surface area (Å²) in [4.78, 5) is 34.9. The third-order valence-electron chi connectivity index (χ3n) is 5.61. The molecule has 7 heteroatoms. The lowest BCUT2D eigenvalue weighted by molar-refractivity contribution is -0.115. The second-order valence-electron chi connectivity index (χ2n) is 7.62. The van der Waals surface area contributed by atoms with Gasteiger partial charge in [-0.1, -0.05) is 18.2 Å². The van der Waals surface area contributed by atoms with Crippen molar-refractivity contribution >= 4 is 33.9 Å². The van der Waals surface area contributed by atoms with Crippen molar-refractivity contribution in [3.05, 3.63) is 83.2 Å². The molecule has 7 nitrogen and oxygen atoms in total. The highest BCUT2D eigenvalue weighted by molar-refractivity contribution is 6.04. The van der Waals surface area contributed by atoms with E-state index in [1.54, 1.807) is 30.9 Å². The summed E-state index contributed by atoms with van der Waals surface area (Å²) in [5.74, 6) is -0.149. The number of rotatable bonds is 4. The maximum atomic E-state index is 12.4. The molecule has 1 aromatic carbocycles. The summed E-state index contributed by atoms with van der Waals surface area (Å²) in [5.41, 5.74) is 6.11. The lowest BCUT2D eigenvalue weighted by Gasteiger charge is -2.07. The lowest BCUT2D eigenvalue weighted by Crippen LogP contribution is -2.16. The number of carbonyl (C=O) groups excluding carboxylic acids is 1. The minimum Gasteiger partial charge on any atom is -0.357 e. The number of nitrogens with zero attached hydrogens (tertiary/aromatic N) is 2. The van der Waals surface area contributed by atoms with Crippen LogP contribution in [0.25, 0.3) is 50.3 Å². The number of hydrogen-bond donors (Lipinski definition) is 3. The normalized spacial score (nSPS) is 11.6. The first-order chi connectivity index (χ1) is 15.5. The average molecular weight is 423 g/mol. The number of pyridine rings is 2. The quantitative estimate of drug-likeness (QED) is 0.383. The van der Waals surface area contributed by atoms with E-state index in [1.807, 2.05) is 48.9 Å². The number of hydrogen-bond acceptors (Lipinski definition) is 3. The molecule has 0 saturated heterocycles. The summed E-state index contributed by atoms with van der Waals surface area (Å²) in [5, 5.41) is 4.42. The van der Waals surface area contributed by atoms with Gasteiger partial charge in [0.1, 0.15) is 11.2 Å². The molecule has 0 aliphatic carbocycles. The Hall–Kier alpha value is -4.39. The van der Waals surface area contributed by atoms with Gasteiger partial charge >= 0.3 is 0 Å². The van der Waals surface area contributed by atoms with Crippen LogP contribution in [0.5, 0.6) is 0 Å². The van der Waals surface area contributed by atoms with E-state index < -0.39 is 0 Å². The molecule has 1 amide bonds. The number of nitrogens with one attached hydrogen (secondary N) is 3. The number of carbonyl (C=O) groups is 1. The van der Waals surface area contributed by atoms with Crippen LogP contribution in [-0.2, 0) is 11.8 Å². The van der Waals surface area contributed by atoms with Crippen molar-refractivity contribution in [2.75, 3.05) is 7.05 Å². The maximum absolute atomic E-state index is 12.4. The molecule has 5 aromatic rings. The molecule has 0 atom stereocenters. The number of aromatic amines is 2. The van der Waals surface area contributed by atoms with Crippen LogP contribution in [0.3, 0.4) is 0 Å². The van der Waals surface area contributed by atoms with Crippen molar-refractivity contribution in [3.8, 4) is 22.3 Å². The Kier molecular flexibility index (Phi) is 4.71. The smallest absolute Gasteiger partial charge is 0.274 e. The van der Waals surface area contributed by atoms with E-state index in [2.05, 4.69) is 26.3 Å². The minimum atomic E-state index is -0.149. The molecule has 5 rings (SSSR count). The predicted molar refractivity (Wildman–Crippen MR) is 127 cm³/mol. The van der Waals surface area contributed by atoms with Gasteiger partial charge in [-0.15, -0.1) is 0 Å². The molecule has 0 spiro atoms. The fraction of sp³-hybridized carbons (Fsp3) is 0.0800. The molecule has 0 radical (unpaired) electrons. The zero-order chi connectivity index (χ0) is 22.2. The Balaban J connectivity index is 1.63. The van der Waals surface area contributed by atoms with Crippen molar-refractivity contribution in [1.82, 2.24) is 24.8 Å². The van der Waals surface area contributed by atoms with E-state index in [4.69, 9.17) is 0 Å². The van der Waals surface area contributed by atoms with Crippen molar-refractivity contribution in [3.63, 3.8) is 0 Å². The summed E-state index contributed by atoms with van der Waals surface area (Å²) < 4.78 is 1.59. The number of fused-ring (bicyclic) bond motifs is 2. The van der Waals surface area contributed by atoms with E-state index in [-0.39, 0.29) is 11.5 Å². The van der Waals surface area contributed by atoms with Crippen LogP contribution in [0.2, 0.25) is 0 Å². The zero-order valence-corrected chi connectivity index (χ0v) is 17.6. The Bertz CT molecular complexity index is 1570. The molecule has 32 heavy (non-hydrogen) atoms. The van der Waals surface area contributed by atoms with Gasteiger partial charge < -0.3 is 19.9 Å². The largest absolute Gasteiger partial charge is 0.357 e. The SMILES string of the molecule is CNC(=O)/C=C/c1cccc(-c2cnc3[nH]cc(-c4cn(C)c(=O)c5[nH]ccc45)c3c2)c1. The molecule has 3 N–H and O–H groups in total. The Morgan fingerprint density at radius 2 is 1.97 bits per heavy atom. The van der Waals surface area contributed by atoms with Gasteiger partial charge in [0.25, 0.3) is 5.56 Å². The average Bonchev–Trinajstić information content (AvgIpc) is 3.47. The van der Waals surface area contributed by atoms with Crippen LogP contribution in [-0.4, -0.2) is 32.5 Å². The first-order valence-electron chi connectivity index (χ1n) is 10.2. The number of H-pyrrole nitrogens is 2. The molecule has 0 bridgehead atoms. The van der Waals surface area contributed by atoms with Crippen molar-refractivity contribution in [1.29, 1.82) is 0 Å². The van der Waals surface area contributed by atoms with Gasteiger partial charge in [-0.25, -0.2) is 4.98 Å². The van der Waals surface area contributed by atoms with Gasteiger partial charge in [0.05, 0.1) is 0 Å². The number of likely N-dealkylation sites (N-methyl/N-ethyl adjacent to an activating group) is 1. The van der Waals surface area contributed by atoms with E-state index >= 15 is 0 Å². The molecule has 0 fully saturated rings. The lowest BCUT2D eigenvalue weighted by atomic mass is 10.00. The van der Waals surface area contributed by atoms with Gasteiger partial charge in [0.15, 0.2) is 0 Å². The van der Waals surface area contributed by atoms with Crippen LogP contribution in [0.15, 0.2) is 72.1 Å². The molecule has 4 heterocycles. The summed E-state index contributed by atoms with van der Waals surface area (Å²) >= 11 is 0. The third kappa shape index (κ3) is 3.30. The third-order valence-corrected chi connectivity index (χ3v) is 5.61. The van der Waals surface area contributed by atoms with E-state index in [0.717, 1.165) is 44.2 Å². The van der Waals surface area contributed by atoms with E-state index in [0.29, 0.717) is 5.52 Å². The van der Waals surface area contributed by atoms with Crippen molar-refractivity contribution in [2.24, 2.45) is 7.05 Å². The van der Waals surface area contributed by atoms with Crippen LogP contribution in [0, 0.1) is 0 Å². The molecular formula is C25H21N5O2. The molecule has 158 valence electrons. The fourth-order valence-corrected chi connectivity index (χ4v) is 3.94. The topological polar surface area (TPSA) is 95.6 Å². The second-order valence-corrected chi connectivity index (χ2v) is 7.62. The van der Waals surface area contributed by atoms with Gasteiger partial charge in [-0.2, -0.15) is 0 Å². The number of amides is 1. The first kappa shape index (κ1) is 19.6. The summed E-state index contributed by atoms with van der Waals surface area (Å²) in [6.45, 7) is 0. The van der Waals surface area contributed by atoms with Gasteiger partial charge in [0, 0.05) is 72.4 Å². The van der Waals surface area contributed by atoms with Crippen LogP contribution in [0.1, 0.15) is 5.56 Å². The first-order valence-corrected chi connectivity index (χ1v) is 10.2. The minimum absolute atomic E-state index is 0.0611. The maximum Gasteiger partial charge on any atom is 0.274 e. The standard InChI is InChI=1S/C25H21N5O2/c1-26-22(31)7-6-15-4-3-5-16(10-15)17-11-19-20(13-29-24(19)28-12-17)21-14-30(2)25(32)23-18(21)8-9-27-23/h3-14,27H,1-2H3,(H,26,31)(H,28,29)/b7-6+. The molecule has 0 unspecified atom stereocenters. The van der Waals surface area contributed by atoms with Crippen molar-refractivity contribution in [2.45, 2.75) is 0 Å². The number of aryl methyl sites for hydroxylation is 1. The van der Waals surface area contributed by atoms with Gasteiger partial charge in [0.2, 0.25) is 5.91 Å². The summed E-state index contributed by atoms with van der Waals surface area (Å²) in [6.07, 6.45) is 10.7.